The molecule has 1 aliphatic rings. The molecule has 0 amide bonds. The maximum Gasteiger partial charge on any atom is 0.313 e. The summed E-state index contributed by atoms with van der Waals surface area (Å²) in [5, 5.41) is 28.9. The maximum atomic E-state index is 10.5. The van der Waals surface area contributed by atoms with E-state index in [0.29, 0.717) is 11.2 Å². The normalized spacial score (nSPS) is 27.6. The van der Waals surface area contributed by atoms with E-state index in [0.717, 1.165) is 11.8 Å². The number of aliphatic hydroxyl groups excluding tert-OH is 2. The molecule has 1 saturated heterocycles. The molecule has 3 heterocycles. The highest BCUT2D eigenvalue weighted by Gasteiger charge is 2.44. The maximum absolute atomic E-state index is 10.5. The summed E-state index contributed by atoms with van der Waals surface area (Å²) in [6, 6.07) is 0. The zero-order valence-corrected chi connectivity index (χ0v) is 12.6. The standard InChI is InChI=1S/C12H15N5O5S/c13-10-7-11(15-3-14-10)17(4-16-7)12-9(21)8(20)5(22-12)1-23-2-6(18)19/h3-5,8-9,12,20-21H,1-2H2,(H,18,19)(H2,13,14,15)/t5-,8-,9-,12-/m1/s1. The van der Waals surface area contributed by atoms with Crippen molar-refractivity contribution >= 4 is 34.7 Å². The van der Waals surface area contributed by atoms with Crippen LogP contribution in [-0.4, -0.2) is 70.6 Å². The van der Waals surface area contributed by atoms with Crippen LogP contribution in [0.1, 0.15) is 6.23 Å². The molecule has 0 spiro atoms. The Bertz CT molecular complexity index is 725. The molecule has 0 saturated carbocycles. The van der Waals surface area contributed by atoms with Crippen molar-refractivity contribution in [2.75, 3.05) is 17.2 Å². The molecule has 0 aliphatic carbocycles. The van der Waals surface area contributed by atoms with Crippen LogP contribution in [0.15, 0.2) is 12.7 Å². The second-order valence-corrected chi connectivity index (χ2v) is 6.07. The molecule has 0 aromatic carbocycles. The van der Waals surface area contributed by atoms with Crippen LogP contribution in [0.4, 0.5) is 5.82 Å². The lowest BCUT2D eigenvalue weighted by Gasteiger charge is -2.16. The molecular weight excluding hydrogens is 326 g/mol. The van der Waals surface area contributed by atoms with Gasteiger partial charge in [0.2, 0.25) is 0 Å². The van der Waals surface area contributed by atoms with E-state index in [1.165, 1.54) is 17.2 Å². The number of aliphatic carboxylic acids is 1. The molecule has 124 valence electrons. The van der Waals surface area contributed by atoms with Crippen molar-refractivity contribution in [3.05, 3.63) is 12.7 Å². The molecule has 4 atom stereocenters. The minimum absolute atomic E-state index is 0.106. The molecule has 5 N–H and O–H groups in total. The number of imidazole rings is 1. The van der Waals surface area contributed by atoms with E-state index in [4.69, 9.17) is 15.6 Å². The fourth-order valence-corrected chi connectivity index (χ4v) is 3.22. The number of carboxylic acids is 1. The van der Waals surface area contributed by atoms with Crippen molar-refractivity contribution in [1.82, 2.24) is 19.5 Å². The molecule has 10 nitrogen and oxygen atoms in total. The van der Waals surface area contributed by atoms with Gasteiger partial charge in [0.15, 0.2) is 17.7 Å². The third-order valence-electron chi connectivity index (χ3n) is 3.51. The van der Waals surface area contributed by atoms with Gasteiger partial charge in [0.25, 0.3) is 0 Å². The van der Waals surface area contributed by atoms with Gasteiger partial charge in [-0.25, -0.2) is 15.0 Å². The largest absolute Gasteiger partial charge is 0.481 e. The molecule has 2 aromatic heterocycles. The Kier molecular flexibility index (Phi) is 4.35. The lowest BCUT2D eigenvalue weighted by molar-refractivity contribution is -0.133. The second-order valence-electron chi connectivity index (χ2n) is 5.04. The number of fused-ring (bicyclic) bond motifs is 1. The smallest absolute Gasteiger partial charge is 0.313 e. The predicted molar refractivity (Wildman–Crippen MR) is 80.6 cm³/mol. The third-order valence-corrected chi connectivity index (χ3v) is 4.52. The van der Waals surface area contributed by atoms with Gasteiger partial charge in [0.05, 0.1) is 18.2 Å². The van der Waals surface area contributed by atoms with Crippen LogP contribution in [0.2, 0.25) is 0 Å². The first kappa shape index (κ1) is 15.9. The van der Waals surface area contributed by atoms with E-state index in [9.17, 15) is 15.0 Å². The fraction of sp³-hybridized carbons (Fsp3) is 0.500. The van der Waals surface area contributed by atoms with Crippen molar-refractivity contribution < 1.29 is 24.9 Å². The fourth-order valence-electron chi connectivity index (χ4n) is 2.42. The van der Waals surface area contributed by atoms with E-state index in [-0.39, 0.29) is 17.3 Å². The first-order chi connectivity index (χ1) is 11.0. The highest BCUT2D eigenvalue weighted by molar-refractivity contribution is 7.99. The van der Waals surface area contributed by atoms with Gasteiger partial charge in [0, 0.05) is 5.75 Å². The van der Waals surface area contributed by atoms with Gasteiger partial charge in [-0.2, -0.15) is 0 Å². The summed E-state index contributed by atoms with van der Waals surface area (Å²) in [6.45, 7) is 0. The van der Waals surface area contributed by atoms with Crippen molar-refractivity contribution in [3.8, 4) is 0 Å². The zero-order chi connectivity index (χ0) is 16.6. The minimum Gasteiger partial charge on any atom is -0.481 e. The Hall–Kier alpha value is -1.95. The summed E-state index contributed by atoms with van der Waals surface area (Å²) in [6.07, 6.45) is -1.25. The van der Waals surface area contributed by atoms with Crippen molar-refractivity contribution in [1.29, 1.82) is 0 Å². The Balaban J connectivity index is 1.80. The second kappa shape index (κ2) is 6.28. The summed E-state index contributed by atoms with van der Waals surface area (Å²) in [4.78, 5) is 22.5. The van der Waals surface area contributed by atoms with E-state index in [2.05, 4.69) is 15.0 Å². The number of ether oxygens (including phenoxy) is 1. The van der Waals surface area contributed by atoms with E-state index < -0.39 is 30.5 Å². The van der Waals surface area contributed by atoms with Crippen molar-refractivity contribution in [2.24, 2.45) is 0 Å². The van der Waals surface area contributed by atoms with Crippen LogP contribution in [-0.2, 0) is 9.53 Å². The first-order valence-corrected chi connectivity index (χ1v) is 7.88. The number of anilines is 1. The average Bonchev–Trinajstić information content (AvgIpc) is 3.04. The number of rotatable bonds is 5. The number of carboxylic acid groups (broad SMARTS) is 1. The van der Waals surface area contributed by atoms with Crippen LogP contribution in [0.3, 0.4) is 0 Å². The monoisotopic (exact) mass is 341 g/mol. The number of hydrogen-bond donors (Lipinski definition) is 4. The van der Waals surface area contributed by atoms with Gasteiger partial charge in [-0.1, -0.05) is 0 Å². The number of aliphatic hydroxyl groups is 2. The molecule has 0 bridgehead atoms. The lowest BCUT2D eigenvalue weighted by atomic mass is 10.1. The van der Waals surface area contributed by atoms with E-state index in [1.807, 2.05) is 0 Å². The highest BCUT2D eigenvalue weighted by atomic mass is 32.2. The lowest BCUT2D eigenvalue weighted by Crippen LogP contribution is -2.32. The number of nitrogens with two attached hydrogens (primary N) is 1. The van der Waals surface area contributed by atoms with Gasteiger partial charge < -0.3 is 25.8 Å². The third kappa shape index (κ3) is 2.95. The molecule has 23 heavy (non-hydrogen) atoms. The van der Waals surface area contributed by atoms with Crippen LogP contribution < -0.4 is 5.73 Å². The molecular formula is C12H15N5O5S. The van der Waals surface area contributed by atoms with Gasteiger partial charge in [-0.05, 0) is 0 Å². The number of thioether (sulfide) groups is 1. The Labute approximate surface area is 134 Å². The quantitative estimate of drug-likeness (QED) is 0.523. The molecule has 0 radical (unpaired) electrons. The SMILES string of the molecule is Nc1ncnc2c1ncn2[C@@H]1O[C@H](CSCC(=O)O)[C@@H](O)[C@H]1O. The number of aromatic nitrogens is 4. The Morgan fingerprint density at radius 2 is 2.13 bits per heavy atom. The highest BCUT2D eigenvalue weighted by Crippen LogP contribution is 2.33. The zero-order valence-electron chi connectivity index (χ0n) is 11.8. The van der Waals surface area contributed by atoms with Crippen LogP contribution in [0.25, 0.3) is 11.2 Å². The summed E-state index contributed by atoms with van der Waals surface area (Å²) in [5.41, 5.74) is 6.47. The van der Waals surface area contributed by atoms with E-state index in [1.54, 1.807) is 0 Å². The first-order valence-electron chi connectivity index (χ1n) is 6.73. The van der Waals surface area contributed by atoms with Crippen LogP contribution in [0.5, 0.6) is 0 Å². The summed E-state index contributed by atoms with van der Waals surface area (Å²) < 4.78 is 7.14. The average molecular weight is 341 g/mol. The minimum atomic E-state index is -1.20. The topological polar surface area (TPSA) is 157 Å². The molecule has 0 unspecified atom stereocenters. The van der Waals surface area contributed by atoms with Crippen LogP contribution in [0, 0.1) is 0 Å². The summed E-state index contributed by atoms with van der Waals surface area (Å²) >= 11 is 1.10. The van der Waals surface area contributed by atoms with Gasteiger partial charge in [0.1, 0.15) is 24.1 Å². The predicted octanol–water partition coefficient (Wildman–Crippen LogP) is -1.15. The summed E-state index contributed by atoms with van der Waals surface area (Å²) in [7, 11) is 0. The van der Waals surface area contributed by atoms with Crippen molar-refractivity contribution in [2.45, 2.75) is 24.5 Å². The van der Waals surface area contributed by atoms with Crippen molar-refractivity contribution in [3.63, 3.8) is 0 Å². The van der Waals surface area contributed by atoms with Gasteiger partial charge >= 0.3 is 5.97 Å². The number of nitrogens with zero attached hydrogens (tertiary/aromatic N) is 4. The molecule has 1 fully saturated rings. The number of hydrogen-bond acceptors (Lipinski definition) is 9. The molecule has 11 heteroatoms. The molecule has 2 aromatic rings. The van der Waals surface area contributed by atoms with Gasteiger partial charge in [-0.3, -0.25) is 9.36 Å². The number of carbonyl (C=O) groups is 1. The molecule has 3 rings (SSSR count). The Morgan fingerprint density at radius 3 is 2.87 bits per heavy atom. The summed E-state index contributed by atoms with van der Waals surface area (Å²) in [5.74, 6) is -0.613. The number of nitrogen functional groups attached to an aromatic ring is 1. The van der Waals surface area contributed by atoms with Gasteiger partial charge in [-0.15, -0.1) is 11.8 Å². The molecule has 1 aliphatic heterocycles. The van der Waals surface area contributed by atoms with E-state index >= 15 is 0 Å². The Morgan fingerprint density at radius 1 is 1.35 bits per heavy atom. The van der Waals surface area contributed by atoms with Crippen LogP contribution >= 0.6 is 11.8 Å².